The van der Waals surface area contributed by atoms with Gasteiger partial charge >= 0.3 is 6.18 Å². The molecule has 1 unspecified atom stereocenters. The number of rotatable bonds is 7. The molecule has 0 fully saturated rings. The Kier molecular flexibility index (Phi) is 8.41. The second-order valence-corrected chi connectivity index (χ2v) is 8.26. The minimum atomic E-state index is -4.36. The van der Waals surface area contributed by atoms with E-state index in [9.17, 15) is 17.6 Å². The number of fused-ring (bicyclic) bond motifs is 1. The fourth-order valence-corrected chi connectivity index (χ4v) is 4.09. The Morgan fingerprint density at radius 3 is 2.31 bits per heavy atom. The Balaban J connectivity index is 0.00000342. The molecule has 7 heteroatoms. The van der Waals surface area contributed by atoms with Crippen molar-refractivity contribution in [1.82, 2.24) is 5.32 Å². The van der Waals surface area contributed by atoms with Crippen molar-refractivity contribution in [2.45, 2.75) is 25.6 Å². The third kappa shape index (κ3) is 6.13. The average Bonchev–Trinajstić information content (AvgIpc) is 2.83. The number of hydrogen-bond donors (Lipinski definition) is 1. The summed E-state index contributed by atoms with van der Waals surface area (Å²) in [6, 6.07) is 22.1. The minimum Gasteiger partial charge on any atom is -0.494 e. The summed E-state index contributed by atoms with van der Waals surface area (Å²) >= 11 is 0. The maximum Gasteiger partial charge on any atom is 0.416 e. The van der Waals surface area contributed by atoms with E-state index < -0.39 is 17.6 Å². The first-order chi connectivity index (χ1) is 16.3. The SMILES string of the molecule is COc1cc(C(C)NCCc2cc(-c3ccc(C(F)(F)F)cc3)c3ccccc3c2)ccc1F.Cl. The molecule has 0 aliphatic rings. The van der Waals surface area contributed by atoms with E-state index in [1.165, 1.54) is 25.3 Å². The van der Waals surface area contributed by atoms with Crippen LogP contribution in [0.4, 0.5) is 17.6 Å². The van der Waals surface area contributed by atoms with Gasteiger partial charge in [-0.25, -0.2) is 4.39 Å². The summed E-state index contributed by atoms with van der Waals surface area (Å²) in [6.45, 7) is 2.67. The zero-order valence-corrected chi connectivity index (χ0v) is 20.1. The highest BCUT2D eigenvalue weighted by molar-refractivity contribution is 5.97. The molecule has 0 bridgehead atoms. The molecular formula is C28H26ClF4NO. The summed E-state index contributed by atoms with van der Waals surface area (Å²) in [5, 5.41) is 5.47. The predicted octanol–water partition coefficient (Wildman–Crippen LogP) is 7.99. The van der Waals surface area contributed by atoms with Gasteiger partial charge in [0.15, 0.2) is 11.6 Å². The highest BCUT2D eigenvalue weighted by Crippen LogP contribution is 2.34. The lowest BCUT2D eigenvalue weighted by atomic mass is 9.94. The Morgan fingerprint density at radius 1 is 0.914 bits per heavy atom. The number of ether oxygens (including phenoxy) is 1. The second-order valence-electron chi connectivity index (χ2n) is 8.26. The quantitative estimate of drug-likeness (QED) is 0.258. The maximum atomic E-state index is 13.7. The number of alkyl halides is 3. The second kappa shape index (κ2) is 11.1. The standard InChI is InChI=1S/C28H25F4NO.ClH/c1-18(21-9-12-26(29)27(17-21)34-2)33-14-13-19-15-22-5-3-4-6-24(22)25(16-19)20-7-10-23(11-8-20)28(30,31)32;/h3-12,15-18,33H,13-14H2,1-2H3;1H. The van der Waals surface area contributed by atoms with Crippen molar-refractivity contribution in [3.05, 3.63) is 101 Å². The van der Waals surface area contributed by atoms with Crippen LogP contribution in [0.5, 0.6) is 5.75 Å². The summed E-state index contributed by atoms with van der Waals surface area (Å²) in [4.78, 5) is 0. The molecule has 1 N–H and O–H groups in total. The summed E-state index contributed by atoms with van der Waals surface area (Å²) < 4.78 is 57.7. The van der Waals surface area contributed by atoms with E-state index in [-0.39, 0.29) is 24.2 Å². The van der Waals surface area contributed by atoms with Crippen LogP contribution in [-0.2, 0) is 12.6 Å². The van der Waals surface area contributed by atoms with E-state index in [4.69, 9.17) is 4.74 Å². The van der Waals surface area contributed by atoms with Crippen LogP contribution in [0.1, 0.15) is 29.7 Å². The van der Waals surface area contributed by atoms with Crippen LogP contribution < -0.4 is 10.1 Å². The van der Waals surface area contributed by atoms with Crippen LogP contribution in [0, 0.1) is 5.82 Å². The molecular weight excluding hydrogens is 478 g/mol. The van der Waals surface area contributed by atoms with Crippen molar-refractivity contribution < 1.29 is 22.3 Å². The van der Waals surface area contributed by atoms with E-state index in [2.05, 4.69) is 11.4 Å². The zero-order chi connectivity index (χ0) is 24.3. The van der Waals surface area contributed by atoms with Gasteiger partial charge in [-0.2, -0.15) is 13.2 Å². The van der Waals surface area contributed by atoms with Gasteiger partial charge in [0, 0.05) is 6.04 Å². The number of halogens is 5. The number of benzene rings is 4. The van der Waals surface area contributed by atoms with Gasteiger partial charge in [0.1, 0.15) is 0 Å². The summed E-state index contributed by atoms with van der Waals surface area (Å²) in [7, 11) is 1.44. The van der Waals surface area contributed by atoms with Crippen molar-refractivity contribution in [1.29, 1.82) is 0 Å². The first kappa shape index (κ1) is 26.5. The van der Waals surface area contributed by atoms with Gasteiger partial charge in [0.25, 0.3) is 0 Å². The molecule has 0 amide bonds. The van der Waals surface area contributed by atoms with Crippen LogP contribution in [0.25, 0.3) is 21.9 Å². The third-order valence-corrected chi connectivity index (χ3v) is 5.98. The number of nitrogens with one attached hydrogen (secondary N) is 1. The molecule has 184 valence electrons. The van der Waals surface area contributed by atoms with Crippen LogP contribution in [0.2, 0.25) is 0 Å². The van der Waals surface area contributed by atoms with Gasteiger partial charge in [-0.05, 0) is 77.2 Å². The van der Waals surface area contributed by atoms with E-state index in [1.54, 1.807) is 12.1 Å². The van der Waals surface area contributed by atoms with E-state index in [0.29, 0.717) is 6.54 Å². The lowest BCUT2D eigenvalue weighted by Gasteiger charge is -2.16. The molecule has 0 aliphatic heterocycles. The van der Waals surface area contributed by atoms with Crippen LogP contribution in [0.3, 0.4) is 0 Å². The van der Waals surface area contributed by atoms with Crippen LogP contribution in [0.15, 0.2) is 78.9 Å². The first-order valence-corrected chi connectivity index (χ1v) is 11.0. The molecule has 35 heavy (non-hydrogen) atoms. The summed E-state index contributed by atoms with van der Waals surface area (Å²) in [5.74, 6) is -0.188. The molecule has 0 saturated carbocycles. The van der Waals surface area contributed by atoms with Gasteiger partial charge in [0.05, 0.1) is 12.7 Å². The van der Waals surface area contributed by atoms with Gasteiger partial charge in [-0.3, -0.25) is 0 Å². The van der Waals surface area contributed by atoms with Crippen molar-refractivity contribution >= 4 is 23.2 Å². The predicted molar refractivity (Wildman–Crippen MR) is 135 cm³/mol. The van der Waals surface area contributed by atoms with Crippen LogP contribution in [-0.4, -0.2) is 13.7 Å². The molecule has 4 aromatic rings. The molecule has 1 atom stereocenters. The van der Waals surface area contributed by atoms with Gasteiger partial charge < -0.3 is 10.1 Å². The van der Waals surface area contributed by atoms with Gasteiger partial charge in [-0.1, -0.05) is 54.6 Å². The van der Waals surface area contributed by atoms with Crippen molar-refractivity contribution in [3.8, 4) is 16.9 Å². The van der Waals surface area contributed by atoms with Crippen molar-refractivity contribution in [2.75, 3.05) is 13.7 Å². The maximum absolute atomic E-state index is 13.7. The lowest BCUT2D eigenvalue weighted by Crippen LogP contribution is -2.21. The van der Waals surface area contributed by atoms with Crippen molar-refractivity contribution in [3.63, 3.8) is 0 Å². The Bertz CT molecular complexity index is 1290. The molecule has 2 nitrogen and oxygen atoms in total. The Morgan fingerprint density at radius 2 is 1.63 bits per heavy atom. The van der Waals surface area contributed by atoms with E-state index >= 15 is 0 Å². The smallest absolute Gasteiger partial charge is 0.416 e. The lowest BCUT2D eigenvalue weighted by molar-refractivity contribution is -0.137. The molecule has 0 aliphatic carbocycles. The third-order valence-electron chi connectivity index (χ3n) is 5.98. The van der Waals surface area contributed by atoms with Crippen molar-refractivity contribution in [2.24, 2.45) is 0 Å². The molecule has 4 rings (SSSR count). The Labute approximate surface area is 208 Å². The largest absolute Gasteiger partial charge is 0.494 e. The number of hydrogen-bond acceptors (Lipinski definition) is 2. The molecule has 0 radical (unpaired) electrons. The summed E-state index contributed by atoms with van der Waals surface area (Å²) in [6.07, 6.45) is -3.64. The van der Waals surface area contributed by atoms with E-state index in [1.807, 2.05) is 37.3 Å². The highest BCUT2D eigenvalue weighted by Gasteiger charge is 2.30. The number of methoxy groups -OCH3 is 1. The average molecular weight is 504 g/mol. The molecule has 0 saturated heterocycles. The van der Waals surface area contributed by atoms with Gasteiger partial charge in [0.2, 0.25) is 0 Å². The zero-order valence-electron chi connectivity index (χ0n) is 19.3. The monoisotopic (exact) mass is 503 g/mol. The topological polar surface area (TPSA) is 21.3 Å². The van der Waals surface area contributed by atoms with Gasteiger partial charge in [-0.15, -0.1) is 12.4 Å². The first-order valence-electron chi connectivity index (χ1n) is 11.0. The molecule has 0 spiro atoms. The van der Waals surface area contributed by atoms with Crippen LogP contribution >= 0.6 is 12.4 Å². The normalized spacial score (nSPS) is 12.3. The molecule has 0 aromatic heterocycles. The molecule has 4 aromatic carbocycles. The summed E-state index contributed by atoms with van der Waals surface area (Å²) in [5.41, 5.74) is 2.98. The Hall–Kier alpha value is -3.09. The highest BCUT2D eigenvalue weighted by atomic mass is 35.5. The fraction of sp³-hybridized carbons (Fsp3) is 0.214. The fourth-order valence-electron chi connectivity index (χ4n) is 4.09. The molecule has 0 heterocycles. The van der Waals surface area contributed by atoms with E-state index in [0.717, 1.165) is 51.6 Å². The minimum absolute atomic E-state index is 0.